The summed E-state index contributed by atoms with van der Waals surface area (Å²) in [4.78, 5) is 53.5. The van der Waals surface area contributed by atoms with Crippen LogP contribution in [0.2, 0.25) is 10.0 Å². The summed E-state index contributed by atoms with van der Waals surface area (Å²) in [5, 5.41) is 5.59. The number of anilines is 2. The minimum atomic E-state index is -0.522. The van der Waals surface area contributed by atoms with Gasteiger partial charge in [-0.2, -0.15) is 0 Å². The molecule has 2 aromatic carbocycles. The van der Waals surface area contributed by atoms with E-state index in [9.17, 15) is 19.2 Å². The van der Waals surface area contributed by atoms with Gasteiger partial charge in [-0.3, -0.25) is 19.0 Å². The third kappa shape index (κ3) is 6.94. The SMILES string of the molecule is CC(=O)Nc1ccc(/C=C/C(=O)NCC(=O)N(C)c2ccc(Cl)c(COc3cccc4c3oc(=O)n4C)c2Cl)cn1. The maximum Gasteiger partial charge on any atom is 0.419 e. The number of nitrogens with zero attached hydrogens (tertiary/aromatic N) is 3. The van der Waals surface area contributed by atoms with E-state index in [2.05, 4.69) is 15.6 Å². The van der Waals surface area contributed by atoms with Gasteiger partial charge >= 0.3 is 5.76 Å². The van der Waals surface area contributed by atoms with Gasteiger partial charge in [-0.1, -0.05) is 29.3 Å². The number of carbonyl (C=O) groups is 3. The quantitative estimate of drug-likeness (QED) is 0.276. The maximum absolute atomic E-state index is 12.8. The van der Waals surface area contributed by atoms with E-state index in [-0.39, 0.29) is 24.1 Å². The van der Waals surface area contributed by atoms with Crippen LogP contribution in [0.4, 0.5) is 11.5 Å². The molecule has 0 aliphatic rings. The average Bonchev–Trinajstić information content (AvgIpc) is 3.24. The van der Waals surface area contributed by atoms with Crippen molar-refractivity contribution in [3.63, 3.8) is 0 Å². The number of hydrogen-bond donors (Lipinski definition) is 2. The molecule has 11 nitrogen and oxygen atoms in total. The summed E-state index contributed by atoms with van der Waals surface area (Å²) in [5.41, 5.74) is 2.27. The molecule has 0 spiro atoms. The minimum Gasteiger partial charge on any atom is -0.485 e. The first-order chi connectivity index (χ1) is 19.5. The zero-order valence-electron chi connectivity index (χ0n) is 22.2. The van der Waals surface area contributed by atoms with Crippen LogP contribution in [0.5, 0.6) is 5.75 Å². The second kappa shape index (κ2) is 12.7. The Morgan fingerprint density at radius 3 is 2.63 bits per heavy atom. The Bertz CT molecular complexity index is 1710. The standard InChI is InChI=1S/C28H25Cl2N5O6/c1-16(36)33-23-11-7-17(13-31-23)8-12-24(37)32-14-25(38)34(2)20-10-9-19(29)18(26(20)30)15-40-22-6-4-5-21-27(22)41-28(39)35(21)3/h4-13H,14-15H2,1-3H3,(H,32,37)(H,31,33,36)/b12-8+. The summed E-state index contributed by atoms with van der Waals surface area (Å²) >= 11 is 13.0. The molecule has 0 bridgehead atoms. The van der Waals surface area contributed by atoms with Crippen LogP contribution >= 0.6 is 23.2 Å². The van der Waals surface area contributed by atoms with Crippen molar-refractivity contribution < 1.29 is 23.5 Å². The molecule has 4 rings (SSSR count). The molecule has 212 valence electrons. The second-order valence-electron chi connectivity index (χ2n) is 8.84. The zero-order valence-corrected chi connectivity index (χ0v) is 23.7. The smallest absolute Gasteiger partial charge is 0.419 e. The van der Waals surface area contributed by atoms with Gasteiger partial charge in [0.2, 0.25) is 17.7 Å². The molecule has 0 saturated carbocycles. The van der Waals surface area contributed by atoms with Gasteiger partial charge in [0.25, 0.3) is 0 Å². The van der Waals surface area contributed by atoms with E-state index in [1.165, 1.54) is 41.8 Å². The molecule has 4 aromatic rings. The number of nitrogens with one attached hydrogen (secondary N) is 2. The van der Waals surface area contributed by atoms with Gasteiger partial charge in [0.15, 0.2) is 11.3 Å². The van der Waals surface area contributed by atoms with Crippen LogP contribution in [0, 0.1) is 0 Å². The number of hydrogen-bond acceptors (Lipinski definition) is 7. The van der Waals surface area contributed by atoms with Crippen LogP contribution in [0.15, 0.2) is 63.9 Å². The monoisotopic (exact) mass is 597 g/mol. The lowest BCUT2D eigenvalue weighted by molar-refractivity contribution is -0.122. The van der Waals surface area contributed by atoms with Crippen LogP contribution in [-0.2, 0) is 28.0 Å². The van der Waals surface area contributed by atoms with Gasteiger partial charge in [-0.05, 0) is 48.0 Å². The summed E-state index contributed by atoms with van der Waals surface area (Å²) in [6, 6.07) is 11.6. The Balaban J connectivity index is 1.38. The van der Waals surface area contributed by atoms with Crippen LogP contribution < -0.4 is 26.0 Å². The van der Waals surface area contributed by atoms with E-state index in [0.717, 1.165) is 0 Å². The van der Waals surface area contributed by atoms with Crippen LogP contribution in [0.3, 0.4) is 0 Å². The lowest BCUT2D eigenvalue weighted by Gasteiger charge is -2.21. The van der Waals surface area contributed by atoms with Crippen LogP contribution in [-0.4, -0.2) is 40.9 Å². The van der Waals surface area contributed by atoms with E-state index in [1.54, 1.807) is 49.5 Å². The van der Waals surface area contributed by atoms with Gasteiger partial charge in [-0.15, -0.1) is 0 Å². The van der Waals surface area contributed by atoms with Crippen molar-refractivity contribution in [3.8, 4) is 5.75 Å². The molecule has 0 saturated heterocycles. The summed E-state index contributed by atoms with van der Waals surface area (Å²) in [6.07, 6.45) is 4.29. The molecule has 41 heavy (non-hydrogen) atoms. The predicted octanol–water partition coefficient (Wildman–Crippen LogP) is 4.16. The highest BCUT2D eigenvalue weighted by Crippen LogP contribution is 2.35. The fourth-order valence-corrected chi connectivity index (χ4v) is 4.38. The van der Waals surface area contributed by atoms with Gasteiger partial charge in [-0.25, -0.2) is 9.78 Å². The van der Waals surface area contributed by atoms with E-state index in [4.69, 9.17) is 32.4 Å². The Hall–Kier alpha value is -4.61. The van der Waals surface area contributed by atoms with E-state index < -0.39 is 17.6 Å². The molecule has 3 amide bonds. The van der Waals surface area contributed by atoms with Crippen molar-refractivity contribution >= 4 is 69.6 Å². The molecular formula is C28H25Cl2N5O6. The Morgan fingerprint density at radius 1 is 1.15 bits per heavy atom. The van der Waals surface area contributed by atoms with Crippen molar-refractivity contribution in [2.45, 2.75) is 13.5 Å². The van der Waals surface area contributed by atoms with Crippen molar-refractivity contribution in [2.75, 3.05) is 23.8 Å². The molecule has 2 heterocycles. The number of benzene rings is 2. The molecule has 0 aliphatic heterocycles. The average molecular weight is 598 g/mol. The lowest BCUT2D eigenvalue weighted by atomic mass is 10.2. The number of likely N-dealkylation sites (N-methyl/N-ethyl adjacent to an activating group) is 1. The number of rotatable bonds is 9. The molecule has 0 unspecified atom stereocenters. The van der Waals surface area contributed by atoms with Crippen molar-refractivity contribution in [1.82, 2.24) is 14.9 Å². The second-order valence-corrected chi connectivity index (χ2v) is 9.63. The minimum absolute atomic E-state index is 0.0621. The highest BCUT2D eigenvalue weighted by atomic mass is 35.5. The van der Waals surface area contributed by atoms with Gasteiger partial charge < -0.3 is 24.7 Å². The topological polar surface area (TPSA) is 136 Å². The van der Waals surface area contributed by atoms with Gasteiger partial charge in [0, 0.05) is 43.9 Å². The summed E-state index contributed by atoms with van der Waals surface area (Å²) in [5.74, 6) is -0.958. The molecule has 2 N–H and O–H groups in total. The molecule has 0 radical (unpaired) electrons. The Morgan fingerprint density at radius 2 is 1.93 bits per heavy atom. The number of fused-ring (bicyclic) bond motifs is 1. The predicted molar refractivity (Wildman–Crippen MR) is 156 cm³/mol. The highest BCUT2D eigenvalue weighted by Gasteiger charge is 2.20. The van der Waals surface area contributed by atoms with E-state index in [0.29, 0.717) is 44.5 Å². The Labute approximate surface area is 244 Å². The first kappa shape index (κ1) is 29.4. The number of aromatic nitrogens is 2. The molecular weight excluding hydrogens is 573 g/mol. The number of oxazole rings is 1. The number of carbonyl (C=O) groups excluding carboxylic acids is 3. The van der Waals surface area contributed by atoms with Crippen molar-refractivity contribution in [2.24, 2.45) is 7.05 Å². The molecule has 13 heteroatoms. The first-order valence-electron chi connectivity index (χ1n) is 12.2. The lowest BCUT2D eigenvalue weighted by Crippen LogP contribution is -2.37. The molecule has 0 fully saturated rings. The summed E-state index contributed by atoms with van der Waals surface area (Å²) < 4.78 is 12.5. The number of aryl methyl sites for hydroxylation is 1. The molecule has 0 atom stereocenters. The number of halogens is 2. The fourth-order valence-electron chi connectivity index (χ4n) is 3.77. The summed E-state index contributed by atoms with van der Waals surface area (Å²) in [7, 11) is 3.11. The fraction of sp³-hybridized carbons (Fsp3) is 0.179. The largest absolute Gasteiger partial charge is 0.485 e. The third-order valence-electron chi connectivity index (χ3n) is 5.99. The molecule has 2 aromatic heterocycles. The van der Waals surface area contributed by atoms with Gasteiger partial charge in [0.1, 0.15) is 12.4 Å². The molecule has 0 aliphatic carbocycles. The van der Waals surface area contributed by atoms with E-state index in [1.807, 2.05) is 0 Å². The third-order valence-corrected chi connectivity index (χ3v) is 6.76. The van der Waals surface area contributed by atoms with E-state index >= 15 is 0 Å². The maximum atomic E-state index is 12.8. The number of para-hydroxylation sites is 1. The van der Waals surface area contributed by atoms with Crippen LogP contribution in [0.1, 0.15) is 18.1 Å². The number of pyridine rings is 1. The van der Waals surface area contributed by atoms with Gasteiger partial charge in [0.05, 0.1) is 22.8 Å². The van der Waals surface area contributed by atoms with Crippen molar-refractivity contribution in [1.29, 1.82) is 0 Å². The number of amides is 3. The first-order valence-corrected chi connectivity index (χ1v) is 12.9. The van der Waals surface area contributed by atoms with Crippen molar-refractivity contribution in [3.05, 3.63) is 86.5 Å². The normalized spacial score (nSPS) is 11.0. The number of ether oxygens (including phenoxy) is 1. The van der Waals surface area contributed by atoms with Crippen LogP contribution in [0.25, 0.3) is 17.2 Å². The highest BCUT2D eigenvalue weighted by molar-refractivity contribution is 6.38. The summed E-state index contributed by atoms with van der Waals surface area (Å²) in [6.45, 7) is 1.02. The zero-order chi connectivity index (χ0) is 29.7. The Kier molecular flexibility index (Phi) is 9.10.